The van der Waals surface area contributed by atoms with Gasteiger partial charge in [-0.3, -0.25) is 4.98 Å². The van der Waals surface area contributed by atoms with Crippen molar-refractivity contribution in [3.63, 3.8) is 0 Å². The van der Waals surface area contributed by atoms with Gasteiger partial charge in [-0.1, -0.05) is 23.4 Å². The zero-order valence-corrected chi connectivity index (χ0v) is 14.5. The summed E-state index contributed by atoms with van der Waals surface area (Å²) >= 11 is 0. The zero-order valence-electron chi connectivity index (χ0n) is 14.5. The van der Waals surface area contributed by atoms with Crippen molar-refractivity contribution in [3.8, 4) is 5.75 Å². The minimum atomic E-state index is -0.236. The van der Waals surface area contributed by atoms with Crippen LogP contribution in [0.3, 0.4) is 0 Å². The Kier molecular flexibility index (Phi) is 3.87. The monoisotopic (exact) mass is 335 g/mol. The van der Waals surface area contributed by atoms with Gasteiger partial charge in [-0.2, -0.15) is 0 Å². The third-order valence-corrected chi connectivity index (χ3v) is 4.17. The highest BCUT2D eigenvalue weighted by Crippen LogP contribution is 2.37. The van der Waals surface area contributed by atoms with E-state index in [0.29, 0.717) is 13.1 Å². The van der Waals surface area contributed by atoms with Crippen molar-refractivity contribution in [2.45, 2.75) is 32.5 Å². The molecule has 3 heterocycles. The molecule has 1 aliphatic heterocycles. The van der Waals surface area contributed by atoms with Gasteiger partial charge in [0.2, 0.25) is 0 Å². The van der Waals surface area contributed by atoms with Gasteiger partial charge in [0.05, 0.1) is 31.5 Å². The van der Waals surface area contributed by atoms with Gasteiger partial charge >= 0.3 is 0 Å². The lowest BCUT2D eigenvalue weighted by Crippen LogP contribution is -2.46. The number of ether oxygens (including phenoxy) is 1. The Labute approximate surface area is 147 Å². The van der Waals surface area contributed by atoms with Crippen LogP contribution in [0.15, 0.2) is 55.0 Å². The number of aromatic nitrogens is 4. The predicted molar refractivity (Wildman–Crippen MR) is 95.6 cm³/mol. The molecule has 0 amide bonds. The van der Waals surface area contributed by atoms with E-state index in [1.54, 1.807) is 6.20 Å². The van der Waals surface area contributed by atoms with Gasteiger partial charge in [0.1, 0.15) is 17.0 Å². The Morgan fingerprint density at radius 2 is 2.00 bits per heavy atom. The predicted octanol–water partition coefficient (Wildman–Crippen LogP) is 2.90. The molecule has 0 spiro atoms. The maximum Gasteiger partial charge on any atom is 0.143 e. The van der Waals surface area contributed by atoms with Crippen LogP contribution in [-0.4, -0.2) is 32.1 Å². The van der Waals surface area contributed by atoms with Crippen molar-refractivity contribution in [3.05, 3.63) is 66.2 Å². The molecule has 128 valence electrons. The van der Waals surface area contributed by atoms with E-state index in [1.807, 2.05) is 47.4 Å². The van der Waals surface area contributed by atoms with E-state index in [0.717, 1.165) is 29.2 Å². The first-order chi connectivity index (χ1) is 12.1. The van der Waals surface area contributed by atoms with Gasteiger partial charge in [0.25, 0.3) is 0 Å². The van der Waals surface area contributed by atoms with Crippen molar-refractivity contribution in [2.24, 2.45) is 0 Å². The summed E-state index contributed by atoms with van der Waals surface area (Å²) in [5.41, 5.74) is 2.91. The van der Waals surface area contributed by atoms with Crippen LogP contribution in [0.2, 0.25) is 0 Å². The van der Waals surface area contributed by atoms with Gasteiger partial charge in [0, 0.05) is 12.4 Å². The van der Waals surface area contributed by atoms with E-state index >= 15 is 0 Å². The SMILES string of the molecule is CC1(C)CN(Cc2cn(Cc3cccnc3)nn2)c2ccccc2O1. The molecular weight excluding hydrogens is 314 g/mol. The van der Waals surface area contributed by atoms with Crippen LogP contribution in [-0.2, 0) is 13.1 Å². The summed E-state index contributed by atoms with van der Waals surface area (Å²) in [5.74, 6) is 0.918. The number of rotatable bonds is 4. The Balaban J connectivity index is 1.53. The lowest BCUT2D eigenvalue weighted by molar-refractivity contribution is 0.104. The maximum absolute atomic E-state index is 6.08. The van der Waals surface area contributed by atoms with Crippen LogP contribution >= 0.6 is 0 Å². The summed E-state index contributed by atoms with van der Waals surface area (Å²) in [5, 5.41) is 8.59. The number of fused-ring (bicyclic) bond motifs is 1. The molecule has 0 saturated heterocycles. The molecule has 2 aromatic heterocycles. The number of para-hydroxylation sites is 2. The van der Waals surface area contributed by atoms with E-state index < -0.39 is 0 Å². The third kappa shape index (κ3) is 3.47. The van der Waals surface area contributed by atoms with Crippen molar-refractivity contribution in [2.75, 3.05) is 11.4 Å². The summed E-state index contributed by atoms with van der Waals surface area (Å²) in [6.45, 7) is 6.40. The van der Waals surface area contributed by atoms with Crippen molar-refractivity contribution in [1.29, 1.82) is 0 Å². The van der Waals surface area contributed by atoms with E-state index in [1.165, 1.54) is 0 Å². The summed E-state index contributed by atoms with van der Waals surface area (Å²) in [7, 11) is 0. The van der Waals surface area contributed by atoms with Crippen LogP contribution in [0.5, 0.6) is 5.75 Å². The summed E-state index contributed by atoms with van der Waals surface area (Å²) < 4.78 is 7.93. The molecule has 1 aromatic carbocycles. The number of anilines is 1. The Hall–Kier alpha value is -2.89. The minimum Gasteiger partial charge on any atom is -0.484 e. The first-order valence-electron chi connectivity index (χ1n) is 8.40. The summed E-state index contributed by atoms with van der Waals surface area (Å²) in [6, 6.07) is 12.1. The molecule has 6 heteroatoms. The van der Waals surface area contributed by atoms with Gasteiger partial charge in [0.15, 0.2) is 0 Å². The Morgan fingerprint density at radius 3 is 2.84 bits per heavy atom. The molecule has 1 aliphatic rings. The fourth-order valence-corrected chi connectivity index (χ4v) is 3.18. The van der Waals surface area contributed by atoms with Crippen LogP contribution < -0.4 is 9.64 Å². The maximum atomic E-state index is 6.08. The number of nitrogens with zero attached hydrogens (tertiary/aromatic N) is 5. The molecule has 6 nitrogen and oxygen atoms in total. The molecule has 0 unspecified atom stereocenters. The molecule has 4 rings (SSSR count). The second-order valence-electron chi connectivity index (χ2n) is 6.95. The van der Waals surface area contributed by atoms with Gasteiger partial charge in [-0.15, -0.1) is 5.10 Å². The van der Waals surface area contributed by atoms with Gasteiger partial charge < -0.3 is 9.64 Å². The lowest BCUT2D eigenvalue weighted by Gasteiger charge is -2.40. The largest absolute Gasteiger partial charge is 0.484 e. The first-order valence-corrected chi connectivity index (χ1v) is 8.40. The van der Waals surface area contributed by atoms with Crippen molar-refractivity contribution < 1.29 is 4.74 Å². The average molecular weight is 335 g/mol. The van der Waals surface area contributed by atoms with Crippen LogP contribution in [0.1, 0.15) is 25.1 Å². The highest BCUT2D eigenvalue weighted by molar-refractivity contribution is 5.60. The molecule has 25 heavy (non-hydrogen) atoms. The molecule has 0 atom stereocenters. The lowest BCUT2D eigenvalue weighted by atomic mass is 10.0. The fraction of sp³-hybridized carbons (Fsp3) is 0.316. The second kappa shape index (κ2) is 6.20. The zero-order chi connectivity index (χ0) is 17.3. The topological polar surface area (TPSA) is 56.1 Å². The highest BCUT2D eigenvalue weighted by Gasteiger charge is 2.31. The molecule has 0 radical (unpaired) electrons. The molecule has 0 aliphatic carbocycles. The normalized spacial score (nSPS) is 15.5. The van der Waals surface area contributed by atoms with Crippen LogP contribution in [0.4, 0.5) is 5.69 Å². The highest BCUT2D eigenvalue weighted by atomic mass is 16.5. The summed E-state index contributed by atoms with van der Waals surface area (Å²) in [6.07, 6.45) is 5.62. The molecule has 0 fully saturated rings. The standard InChI is InChI=1S/C19H21N5O/c1-19(2)14-23(17-7-3-4-8-18(17)25-19)12-16-13-24(22-21-16)11-15-6-5-9-20-10-15/h3-10,13H,11-12,14H2,1-2H3. The fourth-order valence-electron chi connectivity index (χ4n) is 3.18. The van der Waals surface area contributed by atoms with E-state index in [4.69, 9.17) is 4.74 Å². The van der Waals surface area contributed by atoms with E-state index in [9.17, 15) is 0 Å². The molecule has 3 aromatic rings. The average Bonchev–Trinajstić information content (AvgIpc) is 3.02. The molecule has 0 N–H and O–H groups in total. The number of hydrogen-bond donors (Lipinski definition) is 0. The Bertz CT molecular complexity index is 859. The smallest absolute Gasteiger partial charge is 0.143 e. The molecular formula is C19H21N5O. The first kappa shape index (κ1) is 15.6. The van der Waals surface area contributed by atoms with Crippen LogP contribution in [0.25, 0.3) is 0 Å². The quantitative estimate of drug-likeness (QED) is 0.734. The Morgan fingerprint density at radius 1 is 1.12 bits per heavy atom. The second-order valence-corrected chi connectivity index (χ2v) is 6.95. The van der Waals surface area contributed by atoms with Crippen molar-refractivity contribution >= 4 is 5.69 Å². The van der Waals surface area contributed by atoms with Gasteiger partial charge in [-0.05, 0) is 37.6 Å². The van der Waals surface area contributed by atoms with Crippen molar-refractivity contribution in [1.82, 2.24) is 20.0 Å². The third-order valence-electron chi connectivity index (χ3n) is 4.17. The number of hydrogen-bond acceptors (Lipinski definition) is 5. The number of pyridine rings is 1. The molecule has 0 bridgehead atoms. The molecule has 0 saturated carbocycles. The van der Waals surface area contributed by atoms with Gasteiger partial charge in [-0.25, -0.2) is 4.68 Å². The minimum absolute atomic E-state index is 0.236. The van der Waals surface area contributed by atoms with Crippen LogP contribution in [0, 0.1) is 0 Å². The van der Waals surface area contributed by atoms with E-state index in [2.05, 4.69) is 40.1 Å². The number of benzene rings is 1. The van der Waals surface area contributed by atoms with E-state index in [-0.39, 0.29) is 5.60 Å². The summed E-state index contributed by atoms with van der Waals surface area (Å²) in [4.78, 5) is 6.44.